The number of anilines is 1. The van der Waals surface area contributed by atoms with Crippen LogP contribution < -0.4 is 5.32 Å². The second-order valence-electron chi connectivity index (χ2n) is 5.39. The Balaban J connectivity index is 1.69. The van der Waals surface area contributed by atoms with E-state index in [-0.39, 0.29) is 5.82 Å². The molecule has 3 rings (SSSR count). The lowest BCUT2D eigenvalue weighted by atomic mass is 9.95. The third-order valence-electron chi connectivity index (χ3n) is 4.03. The fourth-order valence-corrected chi connectivity index (χ4v) is 2.92. The molecular formula is C16H20FN3. The van der Waals surface area contributed by atoms with Gasteiger partial charge >= 0.3 is 0 Å². The summed E-state index contributed by atoms with van der Waals surface area (Å²) in [7, 11) is 0. The van der Waals surface area contributed by atoms with Crippen LogP contribution in [-0.4, -0.2) is 9.55 Å². The second kappa shape index (κ2) is 6.07. The SMILES string of the molecule is Fc1ccccc1CNc1nccn1C1CCCCC1. The molecule has 0 radical (unpaired) electrons. The minimum atomic E-state index is -0.171. The van der Waals surface area contributed by atoms with E-state index < -0.39 is 0 Å². The van der Waals surface area contributed by atoms with Gasteiger partial charge in [-0.15, -0.1) is 0 Å². The van der Waals surface area contributed by atoms with E-state index in [4.69, 9.17) is 0 Å². The summed E-state index contributed by atoms with van der Waals surface area (Å²) < 4.78 is 15.8. The van der Waals surface area contributed by atoms with Crippen LogP contribution in [0, 0.1) is 5.82 Å². The van der Waals surface area contributed by atoms with E-state index in [0.717, 1.165) is 5.95 Å². The Morgan fingerprint density at radius 2 is 2.00 bits per heavy atom. The van der Waals surface area contributed by atoms with Gasteiger partial charge in [0.15, 0.2) is 0 Å². The van der Waals surface area contributed by atoms with E-state index >= 15 is 0 Å². The van der Waals surface area contributed by atoms with Gasteiger partial charge in [0.1, 0.15) is 5.82 Å². The second-order valence-corrected chi connectivity index (χ2v) is 5.39. The molecule has 2 aromatic rings. The van der Waals surface area contributed by atoms with Crippen molar-refractivity contribution in [3.8, 4) is 0 Å². The zero-order chi connectivity index (χ0) is 13.8. The number of aromatic nitrogens is 2. The standard InChI is InChI=1S/C16H20FN3/c17-15-9-5-4-6-13(15)12-19-16-18-10-11-20(16)14-7-2-1-3-8-14/h4-6,9-11,14H,1-3,7-8,12H2,(H,18,19). The third kappa shape index (κ3) is 2.84. The average molecular weight is 273 g/mol. The summed E-state index contributed by atoms with van der Waals surface area (Å²) in [5.74, 6) is 0.677. The van der Waals surface area contributed by atoms with E-state index in [2.05, 4.69) is 14.9 Å². The van der Waals surface area contributed by atoms with Crippen LogP contribution in [0.5, 0.6) is 0 Å². The quantitative estimate of drug-likeness (QED) is 0.907. The summed E-state index contributed by atoms with van der Waals surface area (Å²) >= 11 is 0. The molecule has 20 heavy (non-hydrogen) atoms. The van der Waals surface area contributed by atoms with Crippen molar-refractivity contribution < 1.29 is 4.39 Å². The van der Waals surface area contributed by atoms with E-state index in [1.165, 1.54) is 38.2 Å². The van der Waals surface area contributed by atoms with Gasteiger partial charge in [-0.25, -0.2) is 9.37 Å². The van der Waals surface area contributed by atoms with Crippen LogP contribution in [0.4, 0.5) is 10.3 Å². The fraction of sp³-hybridized carbons (Fsp3) is 0.438. The first-order chi connectivity index (χ1) is 9.84. The minimum Gasteiger partial charge on any atom is -0.351 e. The maximum absolute atomic E-state index is 13.6. The highest BCUT2D eigenvalue weighted by atomic mass is 19.1. The molecule has 1 saturated carbocycles. The Bertz CT molecular complexity index is 558. The number of hydrogen-bond acceptors (Lipinski definition) is 2. The van der Waals surface area contributed by atoms with Crippen molar-refractivity contribution >= 4 is 5.95 Å². The number of rotatable bonds is 4. The minimum absolute atomic E-state index is 0.171. The van der Waals surface area contributed by atoms with Crippen LogP contribution in [0.2, 0.25) is 0 Å². The predicted molar refractivity (Wildman–Crippen MR) is 78.1 cm³/mol. The molecule has 0 bridgehead atoms. The summed E-state index contributed by atoms with van der Waals surface area (Å²) in [5.41, 5.74) is 0.672. The molecule has 0 saturated heterocycles. The van der Waals surface area contributed by atoms with Crippen LogP contribution in [0.25, 0.3) is 0 Å². The van der Waals surface area contributed by atoms with Crippen LogP contribution in [0.15, 0.2) is 36.7 Å². The van der Waals surface area contributed by atoms with E-state index in [1.54, 1.807) is 12.1 Å². The van der Waals surface area contributed by atoms with Crippen molar-refractivity contribution in [2.45, 2.75) is 44.7 Å². The number of halogens is 1. The van der Waals surface area contributed by atoms with Crippen molar-refractivity contribution in [1.82, 2.24) is 9.55 Å². The lowest BCUT2D eigenvalue weighted by molar-refractivity contribution is 0.356. The van der Waals surface area contributed by atoms with Crippen molar-refractivity contribution in [2.24, 2.45) is 0 Å². The molecule has 1 aromatic carbocycles. The lowest BCUT2D eigenvalue weighted by Crippen LogP contribution is -2.15. The Kier molecular flexibility index (Phi) is 4.00. The van der Waals surface area contributed by atoms with Gasteiger partial charge < -0.3 is 9.88 Å². The molecule has 1 aliphatic rings. The van der Waals surface area contributed by atoms with Gasteiger partial charge in [-0.05, 0) is 18.9 Å². The smallest absolute Gasteiger partial charge is 0.203 e. The van der Waals surface area contributed by atoms with Gasteiger partial charge in [0.2, 0.25) is 5.95 Å². The van der Waals surface area contributed by atoms with Crippen molar-refractivity contribution in [3.05, 3.63) is 48.0 Å². The molecule has 106 valence electrons. The van der Waals surface area contributed by atoms with Crippen LogP contribution in [-0.2, 0) is 6.54 Å². The molecule has 3 nitrogen and oxygen atoms in total. The van der Waals surface area contributed by atoms with Crippen molar-refractivity contribution in [2.75, 3.05) is 5.32 Å². The van der Waals surface area contributed by atoms with Gasteiger partial charge in [-0.3, -0.25) is 0 Å². The molecule has 1 aromatic heterocycles. The molecule has 1 N–H and O–H groups in total. The molecule has 1 heterocycles. The van der Waals surface area contributed by atoms with E-state index in [1.807, 2.05) is 18.5 Å². The number of hydrogen-bond donors (Lipinski definition) is 1. The maximum Gasteiger partial charge on any atom is 0.203 e. The van der Waals surface area contributed by atoms with Crippen LogP contribution in [0.3, 0.4) is 0 Å². The summed E-state index contributed by atoms with van der Waals surface area (Å²) in [4.78, 5) is 4.37. The summed E-state index contributed by atoms with van der Waals surface area (Å²) in [6.45, 7) is 0.469. The molecule has 1 fully saturated rings. The average Bonchev–Trinajstić information content (AvgIpc) is 2.96. The first-order valence-corrected chi connectivity index (χ1v) is 7.35. The Morgan fingerprint density at radius 3 is 2.80 bits per heavy atom. The number of benzene rings is 1. The monoisotopic (exact) mass is 273 g/mol. The largest absolute Gasteiger partial charge is 0.351 e. The van der Waals surface area contributed by atoms with E-state index in [9.17, 15) is 4.39 Å². The highest BCUT2D eigenvalue weighted by molar-refractivity contribution is 5.30. The maximum atomic E-state index is 13.6. The Morgan fingerprint density at radius 1 is 1.20 bits per heavy atom. The first-order valence-electron chi connectivity index (χ1n) is 7.35. The molecular weight excluding hydrogens is 253 g/mol. The first kappa shape index (κ1) is 13.2. The Labute approximate surface area is 118 Å². The molecule has 4 heteroatoms. The van der Waals surface area contributed by atoms with Gasteiger partial charge in [0, 0.05) is 30.5 Å². The van der Waals surface area contributed by atoms with Crippen molar-refractivity contribution in [1.29, 1.82) is 0 Å². The zero-order valence-corrected chi connectivity index (χ0v) is 11.6. The van der Waals surface area contributed by atoms with Gasteiger partial charge in [-0.2, -0.15) is 0 Å². The molecule has 0 spiro atoms. The fourth-order valence-electron chi connectivity index (χ4n) is 2.92. The zero-order valence-electron chi connectivity index (χ0n) is 11.6. The highest BCUT2D eigenvalue weighted by Gasteiger charge is 2.17. The summed E-state index contributed by atoms with van der Waals surface area (Å²) in [6.07, 6.45) is 10.2. The van der Waals surface area contributed by atoms with Gasteiger partial charge in [0.25, 0.3) is 0 Å². The number of nitrogens with one attached hydrogen (secondary N) is 1. The van der Waals surface area contributed by atoms with Crippen LogP contribution >= 0.6 is 0 Å². The summed E-state index contributed by atoms with van der Waals surface area (Å²) in [5, 5.41) is 3.26. The highest BCUT2D eigenvalue weighted by Crippen LogP contribution is 2.30. The third-order valence-corrected chi connectivity index (χ3v) is 4.03. The normalized spacial score (nSPS) is 16.2. The van der Waals surface area contributed by atoms with Gasteiger partial charge in [0.05, 0.1) is 0 Å². The van der Waals surface area contributed by atoms with Gasteiger partial charge in [-0.1, -0.05) is 37.5 Å². The number of imidazole rings is 1. The molecule has 0 aliphatic heterocycles. The molecule has 0 amide bonds. The predicted octanol–water partition coefficient (Wildman–Crippen LogP) is 4.14. The molecule has 0 atom stereocenters. The topological polar surface area (TPSA) is 29.9 Å². The Hall–Kier alpha value is -1.84. The summed E-state index contributed by atoms with van der Waals surface area (Å²) in [6, 6.07) is 7.39. The molecule has 1 aliphatic carbocycles. The molecule has 0 unspecified atom stereocenters. The van der Waals surface area contributed by atoms with Crippen molar-refractivity contribution in [3.63, 3.8) is 0 Å². The van der Waals surface area contributed by atoms with Crippen LogP contribution in [0.1, 0.15) is 43.7 Å². The number of nitrogens with zero attached hydrogens (tertiary/aromatic N) is 2. The lowest BCUT2D eigenvalue weighted by Gasteiger charge is -2.24. The van der Waals surface area contributed by atoms with E-state index in [0.29, 0.717) is 18.2 Å².